The zero-order valence-corrected chi connectivity index (χ0v) is 19.2. The number of carbonyl (C=O) groups is 2. The molecule has 0 aromatic heterocycles. The standard InChI is InChI=1S/C24H37NO5/c1-7-23(26)25-19(13-17-9-11-20(28-5)22(14-17)29-6)24(27)30-21-12-16(4)8-10-18(21)15(2)3/h9,11,14-16,18-19,21H,7-8,10,12-13H2,1-6H3,(H,25,26)/t16?,18?,19-,21?/m0/s1. The molecule has 1 N–H and O–H groups in total. The lowest BCUT2D eigenvalue weighted by Crippen LogP contribution is -2.46. The molecular weight excluding hydrogens is 382 g/mol. The first-order valence-electron chi connectivity index (χ1n) is 11.0. The van der Waals surface area contributed by atoms with Crippen molar-refractivity contribution in [2.24, 2.45) is 17.8 Å². The number of esters is 1. The van der Waals surface area contributed by atoms with Crippen molar-refractivity contribution in [1.82, 2.24) is 5.32 Å². The summed E-state index contributed by atoms with van der Waals surface area (Å²) in [7, 11) is 3.15. The number of ether oxygens (including phenoxy) is 3. The second-order valence-corrected chi connectivity index (χ2v) is 8.67. The zero-order valence-electron chi connectivity index (χ0n) is 19.2. The van der Waals surface area contributed by atoms with E-state index in [0.29, 0.717) is 42.1 Å². The van der Waals surface area contributed by atoms with Crippen LogP contribution in [0.3, 0.4) is 0 Å². The molecule has 1 aromatic rings. The third-order valence-electron chi connectivity index (χ3n) is 6.06. The van der Waals surface area contributed by atoms with Crippen LogP contribution in [0.25, 0.3) is 0 Å². The molecular formula is C24H37NO5. The predicted molar refractivity (Wildman–Crippen MR) is 117 cm³/mol. The average molecular weight is 420 g/mol. The number of hydrogen-bond donors (Lipinski definition) is 1. The number of benzene rings is 1. The number of hydrogen-bond acceptors (Lipinski definition) is 5. The molecule has 4 atom stereocenters. The van der Waals surface area contributed by atoms with Crippen molar-refractivity contribution in [1.29, 1.82) is 0 Å². The van der Waals surface area contributed by atoms with E-state index < -0.39 is 6.04 Å². The van der Waals surface area contributed by atoms with Crippen molar-refractivity contribution in [3.05, 3.63) is 23.8 Å². The van der Waals surface area contributed by atoms with Crippen molar-refractivity contribution < 1.29 is 23.8 Å². The van der Waals surface area contributed by atoms with Crippen LogP contribution < -0.4 is 14.8 Å². The van der Waals surface area contributed by atoms with E-state index in [-0.39, 0.29) is 18.0 Å². The van der Waals surface area contributed by atoms with Gasteiger partial charge in [-0.15, -0.1) is 0 Å². The summed E-state index contributed by atoms with van der Waals surface area (Å²) in [5.74, 6) is 2.01. The number of amides is 1. The first kappa shape index (κ1) is 24.0. The molecule has 1 aliphatic rings. The monoisotopic (exact) mass is 419 g/mol. The number of rotatable bonds is 9. The maximum atomic E-state index is 13.1. The van der Waals surface area contributed by atoms with Crippen LogP contribution in [0.2, 0.25) is 0 Å². The third kappa shape index (κ3) is 6.38. The fourth-order valence-electron chi connectivity index (χ4n) is 4.21. The summed E-state index contributed by atoms with van der Waals surface area (Å²) < 4.78 is 16.7. The predicted octanol–water partition coefficient (Wildman–Crippen LogP) is 4.15. The molecule has 0 saturated heterocycles. The normalized spacial score (nSPS) is 22.3. The van der Waals surface area contributed by atoms with Gasteiger partial charge in [0, 0.05) is 12.8 Å². The van der Waals surface area contributed by atoms with E-state index in [2.05, 4.69) is 26.1 Å². The van der Waals surface area contributed by atoms with Crippen LogP contribution in [-0.2, 0) is 20.7 Å². The van der Waals surface area contributed by atoms with E-state index in [4.69, 9.17) is 14.2 Å². The van der Waals surface area contributed by atoms with E-state index in [0.717, 1.165) is 18.4 Å². The largest absolute Gasteiger partial charge is 0.493 e. The van der Waals surface area contributed by atoms with Gasteiger partial charge in [-0.05, 0) is 48.3 Å². The molecule has 1 aromatic carbocycles. The Labute approximate surface area is 180 Å². The minimum atomic E-state index is -0.736. The molecule has 0 aliphatic heterocycles. The highest BCUT2D eigenvalue weighted by atomic mass is 16.5. The van der Waals surface area contributed by atoms with Gasteiger partial charge in [-0.3, -0.25) is 4.79 Å². The highest BCUT2D eigenvalue weighted by molar-refractivity contribution is 5.84. The summed E-state index contributed by atoms with van der Waals surface area (Å²) in [5.41, 5.74) is 0.864. The summed E-state index contributed by atoms with van der Waals surface area (Å²) >= 11 is 0. The van der Waals surface area contributed by atoms with E-state index in [1.165, 1.54) is 6.42 Å². The maximum Gasteiger partial charge on any atom is 0.329 e. The van der Waals surface area contributed by atoms with Gasteiger partial charge in [0.1, 0.15) is 12.1 Å². The lowest BCUT2D eigenvalue weighted by Gasteiger charge is -2.37. The Hall–Kier alpha value is -2.24. The fraction of sp³-hybridized carbons (Fsp3) is 0.667. The van der Waals surface area contributed by atoms with Gasteiger partial charge in [0.05, 0.1) is 14.2 Å². The quantitative estimate of drug-likeness (QED) is 0.609. The molecule has 1 amide bonds. The van der Waals surface area contributed by atoms with Gasteiger partial charge in [0.25, 0.3) is 0 Å². The zero-order chi connectivity index (χ0) is 22.3. The van der Waals surface area contributed by atoms with Crippen molar-refractivity contribution >= 4 is 11.9 Å². The topological polar surface area (TPSA) is 73.9 Å². The molecule has 2 rings (SSSR count). The van der Waals surface area contributed by atoms with Crippen LogP contribution in [0.5, 0.6) is 11.5 Å². The summed E-state index contributed by atoms with van der Waals surface area (Å²) in [5, 5.41) is 2.84. The average Bonchev–Trinajstić information content (AvgIpc) is 2.72. The lowest BCUT2D eigenvalue weighted by atomic mass is 9.75. The Kier molecular flexibility index (Phi) is 9.00. The van der Waals surface area contributed by atoms with Crippen molar-refractivity contribution in [2.45, 2.75) is 71.9 Å². The van der Waals surface area contributed by atoms with Crippen molar-refractivity contribution in [3.63, 3.8) is 0 Å². The molecule has 0 radical (unpaired) electrons. The van der Waals surface area contributed by atoms with Crippen molar-refractivity contribution in [3.8, 4) is 11.5 Å². The molecule has 30 heavy (non-hydrogen) atoms. The molecule has 0 heterocycles. The Morgan fingerprint density at radius 3 is 2.43 bits per heavy atom. The second kappa shape index (κ2) is 11.2. The Balaban J connectivity index is 2.19. The van der Waals surface area contributed by atoms with Gasteiger partial charge < -0.3 is 19.5 Å². The molecule has 3 unspecified atom stereocenters. The number of carbonyl (C=O) groups excluding carboxylic acids is 2. The lowest BCUT2D eigenvalue weighted by molar-refractivity contribution is -0.159. The van der Waals surface area contributed by atoms with Gasteiger partial charge in [-0.1, -0.05) is 40.2 Å². The Bertz CT molecular complexity index is 718. The first-order chi connectivity index (χ1) is 14.3. The van der Waals surface area contributed by atoms with E-state index in [1.54, 1.807) is 27.2 Å². The van der Waals surface area contributed by atoms with Crippen LogP contribution >= 0.6 is 0 Å². The van der Waals surface area contributed by atoms with Crippen LogP contribution in [-0.4, -0.2) is 38.2 Å². The molecule has 6 nitrogen and oxygen atoms in total. The smallest absolute Gasteiger partial charge is 0.329 e. The Morgan fingerprint density at radius 1 is 1.13 bits per heavy atom. The van der Waals surface area contributed by atoms with E-state index in [9.17, 15) is 9.59 Å². The number of nitrogens with one attached hydrogen (secondary N) is 1. The molecule has 168 valence electrons. The molecule has 1 saturated carbocycles. The molecule has 6 heteroatoms. The molecule has 0 bridgehead atoms. The maximum absolute atomic E-state index is 13.1. The Morgan fingerprint density at radius 2 is 1.83 bits per heavy atom. The SMILES string of the molecule is CCC(=O)N[C@@H](Cc1ccc(OC)c(OC)c1)C(=O)OC1CC(C)CCC1C(C)C. The van der Waals surface area contributed by atoms with Crippen molar-refractivity contribution in [2.75, 3.05) is 14.2 Å². The molecule has 1 fully saturated rings. The highest BCUT2D eigenvalue weighted by Crippen LogP contribution is 2.35. The highest BCUT2D eigenvalue weighted by Gasteiger charge is 2.35. The number of methoxy groups -OCH3 is 2. The first-order valence-corrected chi connectivity index (χ1v) is 11.0. The molecule has 0 spiro atoms. The summed E-state index contributed by atoms with van der Waals surface area (Å²) in [4.78, 5) is 25.2. The van der Waals surface area contributed by atoms with Crippen LogP contribution in [0.1, 0.15) is 58.9 Å². The van der Waals surface area contributed by atoms with Gasteiger partial charge in [-0.2, -0.15) is 0 Å². The summed E-state index contributed by atoms with van der Waals surface area (Å²) in [6.45, 7) is 8.34. The minimum absolute atomic E-state index is 0.104. The third-order valence-corrected chi connectivity index (χ3v) is 6.06. The van der Waals surface area contributed by atoms with Gasteiger partial charge in [-0.25, -0.2) is 4.79 Å². The van der Waals surface area contributed by atoms with Crippen LogP contribution in [0.4, 0.5) is 0 Å². The summed E-state index contributed by atoms with van der Waals surface area (Å²) in [6, 6.07) is 4.77. The van der Waals surface area contributed by atoms with Gasteiger partial charge in [0.15, 0.2) is 11.5 Å². The fourth-order valence-corrected chi connectivity index (χ4v) is 4.21. The van der Waals surface area contributed by atoms with E-state index in [1.807, 2.05) is 12.1 Å². The minimum Gasteiger partial charge on any atom is -0.493 e. The van der Waals surface area contributed by atoms with E-state index >= 15 is 0 Å². The molecule has 1 aliphatic carbocycles. The van der Waals surface area contributed by atoms with Crippen LogP contribution in [0.15, 0.2) is 18.2 Å². The van der Waals surface area contributed by atoms with Gasteiger partial charge in [0.2, 0.25) is 5.91 Å². The summed E-state index contributed by atoms with van der Waals surface area (Å²) in [6.07, 6.45) is 3.65. The van der Waals surface area contributed by atoms with Crippen LogP contribution in [0, 0.1) is 17.8 Å². The second-order valence-electron chi connectivity index (χ2n) is 8.67. The van der Waals surface area contributed by atoms with Gasteiger partial charge >= 0.3 is 5.97 Å².